The van der Waals surface area contributed by atoms with Crippen LogP contribution in [0.5, 0.6) is 17.6 Å². The third kappa shape index (κ3) is 6.29. The summed E-state index contributed by atoms with van der Waals surface area (Å²) < 4.78 is 97.9. The second-order valence-corrected chi connectivity index (χ2v) is 11.5. The average Bonchev–Trinajstić information content (AvgIpc) is 2.77. The monoisotopic (exact) mass is 561 g/mol. The number of carbonyl (C=O) groups is 1. The lowest BCUT2D eigenvalue weighted by molar-refractivity contribution is -0.142. The van der Waals surface area contributed by atoms with Crippen LogP contribution in [-0.2, 0) is 25.9 Å². The van der Waals surface area contributed by atoms with E-state index >= 15 is 0 Å². The number of nitrogens with zero attached hydrogens (tertiary/aromatic N) is 4. The highest BCUT2D eigenvalue weighted by molar-refractivity contribution is 7.91. The van der Waals surface area contributed by atoms with E-state index in [4.69, 9.17) is 9.47 Å². The van der Waals surface area contributed by atoms with Crippen LogP contribution in [0, 0.1) is 6.92 Å². The summed E-state index contributed by atoms with van der Waals surface area (Å²) >= 11 is 0. The topological polar surface area (TPSA) is 167 Å². The second kappa shape index (κ2) is 9.89. The second-order valence-electron chi connectivity index (χ2n) is 7.50. The van der Waals surface area contributed by atoms with Crippen LogP contribution in [0.3, 0.4) is 0 Å². The minimum absolute atomic E-state index is 0.0430. The molecule has 17 heteroatoms. The Labute approximate surface area is 208 Å². The van der Waals surface area contributed by atoms with Gasteiger partial charge in [0.2, 0.25) is 0 Å². The number of aromatic nitrogens is 4. The molecule has 0 aliphatic heterocycles. The maximum absolute atomic E-state index is 13.5. The number of rotatable bonds is 7. The van der Waals surface area contributed by atoms with Crippen molar-refractivity contribution in [3.05, 3.63) is 47.3 Å². The third-order valence-corrected chi connectivity index (χ3v) is 6.72. The van der Waals surface area contributed by atoms with Crippen molar-refractivity contribution in [3.63, 3.8) is 0 Å². The van der Waals surface area contributed by atoms with Crippen LogP contribution < -0.4 is 14.8 Å². The number of hydrogen-bond donors (Lipinski definition) is 1. The van der Waals surface area contributed by atoms with Crippen molar-refractivity contribution >= 4 is 31.3 Å². The predicted octanol–water partition coefficient (Wildman–Crippen LogP) is 2.45. The number of methoxy groups -OCH3 is 1. The Balaban J connectivity index is 2.11. The predicted molar refractivity (Wildman–Crippen MR) is 121 cm³/mol. The standard InChI is InChI=1S/C20H18F3N5O7S2/c1-10-14(16(29)25-11-6-5-7-12(8-11)36(3,30)31)17(28-27-15(10)20(21,22)23)35-18-19(34-2)26-13(9-24-18)37(4,32)33/h5-9H,1-4H3,(H,25,29). The molecule has 2 aromatic heterocycles. The number of halogens is 3. The summed E-state index contributed by atoms with van der Waals surface area (Å²) in [5, 5.41) is 8.32. The van der Waals surface area contributed by atoms with Crippen molar-refractivity contribution in [2.45, 2.75) is 23.0 Å². The Morgan fingerprint density at radius 3 is 2.24 bits per heavy atom. The van der Waals surface area contributed by atoms with Gasteiger partial charge in [0.15, 0.2) is 30.4 Å². The lowest BCUT2D eigenvalue weighted by Crippen LogP contribution is -2.21. The fraction of sp³-hybridized carbons (Fsp3) is 0.250. The van der Waals surface area contributed by atoms with Crippen LogP contribution >= 0.6 is 0 Å². The van der Waals surface area contributed by atoms with Gasteiger partial charge in [-0.15, -0.1) is 10.2 Å². The Hall–Kier alpha value is -3.86. The number of amides is 1. The molecule has 0 saturated carbocycles. The number of hydrogen-bond acceptors (Lipinski definition) is 11. The quantitative estimate of drug-likeness (QED) is 0.450. The third-order valence-electron chi connectivity index (χ3n) is 4.65. The number of sulfone groups is 2. The van der Waals surface area contributed by atoms with Crippen LogP contribution in [-0.4, -0.2) is 62.5 Å². The lowest BCUT2D eigenvalue weighted by Gasteiger charge is -2.16. The summed E-state index contributed by atoms with van der Waals surface area (Å²) in [5.74, 6) is -2.86. The number of nitrogens with one attached hydrogen (secondary N) is 1. The zero-order chi connectivity index (χ0) is 27.8. The molecule has 37 heavy (non-hydrogen) atoms. The van der Waals surface area contributed by atoms with E-state index in [1.54, 1.807) is 0 Å². The van der Waals surface area contributed by atoms with E-state index in [2.05, 4.69) is 25.5 Å². The molecule has 12 nitrogen and oxygen atoms in total. The van der Waals surface area contributed by atoms with Crippen molar-refractivity contribution < 1.29 is 44.3 Å². The minimum atomic E-state index is -4.98. The Morgan fingerprint density at radius 2 is 1.68 bits per heavy atom. The molecule has 0 aliphatic carbocycles. The summed E-state index contributed by atoms with van der Waals surface area (Å²) in [6, 6.07) is 5.03. The van der Waals surface area contributed by atoms with Crippen LogP contribution in [0.15, 0.2) is 40.4 Å². The highest BCUT2D eigenvalue weighted by atomic mass is 32.2. The fourth-order valence-electron chi connectivity index (χ4n) is 2.92. The molecule has 0 fully saturated rings. The number of benzene rings is 1. The SMILES string of the molecule is COc1nc(S(C)(=O)=O)cnc1Oc1nnc(C(F)(F)F)c(C)c1C(=O)Nc1cccc(S(C)(=O)=O)c1. The normalized spacial score (nSPS) is 12.2. The first-order valence-corrected chi connectivity index (χ1v) is 13.7. The Morgan fingerprint density at radius 1 is 1.00 bits per heavy atom. The molecule has 0 spiro atoms. The van der Waals surface area contributed by atoms with Crippen LogP contribution in [0.2, 0.25) is 0 Å². The molecule has 2 heterocycles. The van der Waals surface area contributed by atoms with Gasteiger partial charge in [0, 0.05) is 18.2 Å². The maximum Gasteiger partial charge on any atom is 0.435 e. The summed E-state index contributed by atoms with van der Waals surface area (Å²) in [6.45, 7) is 0.960. The Kier molecular flexibility index (Phi) is 7.41. The smallest absolute Gasteiger partial charge is 0.435 e. The number of ether oxygens (including phenoxy) is 2. The number of alkyl halides is 3. The van der Waals surface area contributed by atoms with Crippen molar-refractivity contribution in [1.82, 2.24) is 20.2 Å². The molecule has 0 saturated heterocycles. The fourth-order valence-corrected chi connectivity index (χ4v) is 4.08. The molecule has 0 bridgehead atoms. The molecule has 0 aliphatic rings. The van der Waals surface area contributed by atoms with Gasteiger partial charge in [-0.1, -0.05) is 6.07 Å². The summed E-state index contributed by atoms with van der Waals surface area (Å²) in [4.78, 5) is 20.4. The van der Waals surface area contributed by atoms with E-state index in [0.29, 0.717) is 0 Å². The molecular formula is C20H18F3N5O7S2. The summed E-state index contributed by atoms with van der Waals surface area (Å²) in [7, 11) is -6.34. The highest BCUT2D eigenvalue weighted by Gasteiger charge is 2.38. The maximum atomic E-state index is 13.5. The highest BCUT2D eigenvalue weighted by Crippen LogP contribution is 2.36. The van der Waals surface area contributed by atoms with E-state index < -0.39 is 71.2 Å². The van der Waals surface area contributed by atoms with Gasteiger partial charge < -0.3 is 14.8 Å². The van der Waals surface area contributed by atoms with E-state index in [0.717, 1.165) is 38.8 Å². The zero-order valence-corrected chi connectivity index (χ0v) is 21.1. The van der Waals surface area contributed by atoms with Crippen molar-refractivity contribution in [1.29, 1.82) is 0 Å². The molecule has 0 radical (unpaired) electrons. The van der Waals surface area contributed by atoms with Crippen LogP contribution in [0.1, 0.15) is 21.6 Å². The molecule has 0 unspecified atom stereocenters. The first-order chi connectivity index (χ1) is 17.0. The molecule has 3 rings (SSSR count). The molecule has 0 atom stereocenters. The molecule has 1 amide bonds. The van der Waals surface area contributed by atoms with Gasteiger partial charge in [-0.3, -0.25) is 4.79 Å². The van der Waals surface area contributed by atoms with E-state index in [1.807, 2.05) is 0 Å². The van der Waals surface area contributed by atoms with Crippen molar-refractivity contribution in [2.24, 2.45) is 0 Å². The van der Waals surface area contributed by atoms with E-state index in [1.165, 1.54) is 18.2 Å². The molecule has 1 aromatic carbocycles. The zero-order valence-electron chi connectivity index (χ0n) is 19.5. The average molecular weight is 562 g/mol. The van der Waals surface area contributed by atoms with Crippen molar-refractivity contribution in [3.8, 4) is 17.6 Å². The summed E-state index contributed by atoms with van der Waals surface area (Å²) in [5.41, 5.74) is -2.88. The van der Waals surface area contributed by atoms with Gasteiger partial charge in [-0.05, 0) is 30.7 Å². The van der Waals surface area contributed by atoms with Gasteiger partial charge >= 0.3 is 6.18 Å². The van der Waals surface area contributed by atoms with E-state index in [9.17, 15) is 34.8 Å². The Bertz CT molecular complexity index is 1590. The van der Waals surface area contributed by atoms with Gasteiger partial charge in [0.05, 0.1) is 18.2 Å². The largest absolute Gasteiger partial charge is 0.477 e. The minimum Gasteiger partial charge on any atom is -0.477 e. The summed E-state index contributed by atoms with van der Waals surface area (Å²) in [6.07, 6.45) is -2.36. The van der Waals surface area contributed by atoms with Gasteiger partial charge in [-0.2, -0.15) is 18.2 Å². The van der Waals surface area contributed by atoms with E-state index in [-0.39, 0.29) is 10.6 Å². The van der Waals surface area contributed by atoms with Crippen LogP contribution in [0.25, 0.3) is 0 Å². The number of carbonyl (C=O) groups excluding carboxylic acids is 1. The number of anilines is 1. The first-order valence-electron chi connectivity index (χ1n) is 9.87. The molecular weight excluding hydrogens is 543 g/mol. The van der Waals surface area contributed by atoms with Gasteiger partial charge in [0.1, 0.15) is 5.56 Å². The van der Waals surface area contributed by atoms with Gasteiger partial charge in [-0.25, -0.2) is 21.8 Å². The molecule has 1 N–H and O–H groups in total. The lowest BCUT2D eigenvalue weighted by atomic mass is 10.1. The van der Waals surface area contributed by atoms with Crippen LogP contribution in [0.4, 0.5) is 18.9 Å². The van der Waals surface area contributed by atoms with Gasteiger partial charge in [0.25, 0.3) is 23.5 Å². The molecule has 198 valence electrons. The first kappa shape index (κ1) is 27.7. The van der Waals surface area contributed by atoms with Crippen molar-refractivity contribution in [2.75, 3.05) is 24.9 Å². The molecule has 3 aromatic rings.